The van der Waals surface area contributed by atoms with Crippen molar-refractivity contribution >= 4 is 32.3 Å². The van der Waals surface area contributed by atoms with Crippen LogP contribution in [0.3, 0.4) is 0 Å². The molecule has 0 atom stereocenters. The molecule has 0 saturated carbocycles. The fraction of sp³-hybridized carbons (Fsp3) is 0.0625. The number of hydrogen-bond donors (Lipinski definition) is 0. The summed E-state index contributed by atoms with van der Waals surface area (Å²) in [5, 5.41) is 8.40. The van der Waals surface area contributed by atoms with Gasteiger partial charge in [0.2, 0.25) is 0 Å². The molecule has 2 aliphatic rings. The Balaban J connectivity index is 1.62. The predicted molar refractivity (Wildman–Crippen MR) is 135 cm³/mol. The number of fused-ring (bicyclic) bond motifs is 14. The maximum atomic E-state index is 2.40. The van der Waals surface area contributed by atoms with Crippen molar-refractivity contribution in [3.8, 4) is 22.3 Å². The SMILES string of the molecule is c1ccc2c(c1)Cc1c-2ccc2c3ccccc3c3c4c(ccc3c12)Cc1ccccc1-4. The minimum absolute atomic E-state index is 1.02. The molecule has 0 fully saturated rings. The van der Waals surface area contributed by atoms with Crippen molar-refractivity contribution in [3.05, 3.63) is 119 Å². The molecular formula is C32H20. The van der Waals surface area contributed by atoms with Gasteiger partial charge in [-0.15, -0.1) is 0 Å². The summed E-state index contributed by atoms with van der Waals surface area (Å²) in [5.74, 6) is 0. The zero-order valence-electron chi connectivity index (χ0n) is 17.7. The summed E-state index contributed by atoms with van der Waals surface area (Å²) in [4.78, 5) is 0. The fourth-order valence-corrected chi connectivity index (χ4v) is 6.39. The van der Waals surface area contributed by atoms with Gasteiger partial charge in [0.15, 0.2) is 0 Å². The lowest BCUT2D eigenvalue weighted by Gasteiger charge is -2.17. The van der Waals surface area contributed by atoms with Gasteiger partial charge in [0.05, 0.1) is 0 Å². The van der Waals surface area contributed by atoms with Gasteiger partial charge in [0, 0.05) is 0 Å². The van der Waals surface area contributed by atoms with Crippen molar-refractivity contribution in [1.82, 2.24) is 0 Å². The van der Waals surface area contributed by atoms with Crippen molar-refractivity contribution in [2.24, 2.45) is 0 Å². The molecule has 0 radical (unpaired) electrons. The van der Waals surface area contributed by atoms with E-state index in [9.17, 15) is 0 Å². The summed E-state index contributed by atoms with van der Waals surface area (Å²) in [6, 6.07) is 36.4. The van der Waals surface area contributed by atoms with E-state index < -0.39 is 0 Å². The molecule has 0 heteroatoms. The van der Waals surface area contributed by atoms with Crippen LogP contribution >= 0.6 is 0 Å². The average Bonchev–Trinajstić information content (AvgIpc) is 3.42. The second-order valence-electron chi connectivity index (χ2n) is 9.25. The van der Waals surface area contributed by atoms with Gasteiger partial charge in [-0.3, -0.25) is 0 Å². The maximum absolute atomic E-state index is 2.40. The monoisotopic (exact) mass is 404 g/mol. The molecule has 6 aromatic rings. The molecule has 8 rings (SSSR count). The van der Waals surface area contributed by atoms with Gasteiger partial charge in [0.25, 0.3) is 0 Å². The van der Waals surface area contributed by atoms with Crippen LogP contribution in [0.1, 0.15) is 22.3 Å². The summed E-state index contributed by atoms with van der Waals surface area (Å²) in [6.07, 6.45) is 2.05. The van der Waals surface area contributed by atoms with Crippen molar-refractivity contribution in [2.75, 3.05) is 0 Å². The van der Waals surface area contributed by atoms with E-state index >= 15 is 0 Å². The third-order valence-corrected chi connectivity index (χ3v) is 7.70. The summed E-state index contributed by atoms with van der Waals surface area (Å²) < 4.78 is 0. The van der Waals surface area contributed by atoms with E-state index in [1.165, 1.54) is 76.8 Å². The fourth-order valence-electron chi connectivity index (χ4n) is 6.39. The Hall–Kier alpha value is -3.90. The lowest BCUT2D eigenvalue weighted by molar-refractivity contribution is 1.27. The average molecular weight is 405 g/mol. The van der Waals surface area contributed by atoms with Gasteiger partial charge in [-0.2, -0.15) is 0 Å². The summed E-state index contributed by atoms with van der Waals surface area (Å²) in [5.41, 5.74) is 11.5. The van der Waals surface area contributed by atoms with Crippen LogP contribution in [0.4, 0.5) is 0 Å². The van der Waals surface area contributed by atoms with Gasteiger partial charge in [-0.25, -0.2) is 0 Å². The minimum atomic E-state index is 1.02. The number of rotatable bonds is 0. The van der Waals surface area contributed by atoms with Gasteiger partial charge >= 0.3 is 0 Å². The van der Waals surface area contributed by atoms with Gasteiger partial charge in [-0.1, -0.05) is 97.1 Å². The molecule has 148 valence electrons. The first kappa shape index (κ1) is 16.8. The molecule has 0 aromatic heterocycles. The Morgan fingerprint density at radius 1 is 0.375 bits per heavy atom. The highest BCUT2D eigenvalue weighted by atomic mass is 14.3. The Labute approximate surface area is 186 Å². The first-order valence-corrected chi connectivity index (χ1v) is 11.5. The van der Waals surface area contributed by atoms with Crippen LogP contribution < -0.4 is 0 Å². The van der Waals surface area contributed by atoms with Gasteiger partial charge in [0.1, 0.15) is 0 Å². The molecule has 32 heavy (non-hydrogen) atoms. The lowest BCUT2D eigenvalue weighted by atomic mass is 9.86. The van der Waals surface area contributed by atoms with E-state index in [1.807, 2.05) is 0 Å². The second-order valence-corrected chi connectivity index (χ2v) is 9.25. The quantitative estimate of drug-likeness (QED) is 0.223. The molecule has 0 spiro atoms. The highest BCUT2D eigenvalue weighted by molar-refractivity contribution is 6.30. The first-order valence-electron chi connectivity index (χ1n) is 11.5. The molecule has 0 aliphatic heterocycles. The van der Waals surface area contributed by atoms with Crippen molar-refractivity contribution in [2.45, 2.75) is 12.8 Å². The van der Waals surface area contributed by atoms with Crippen LogP contribution in [0.25, 0.3) is 54.6 Å². The van der Waals surface area contributed by atoms with E-state index in [2.05, 4.69) is 97.1 Å². The Bertz CT molecular complexity index is 1770. The summed E-state index contributed by atoms with van der Waals surface area (Å²) in [6.45, 7) is 0. The molecule has 6 aromatic carbocycles. The van der Waals surface area contributed by atoms with E-state index in [0.29, 0.717) is 0 Å². The molecule has 0 heterocycles. The normalized spacial score (nSPS) is 13.4. The van der Waals surface area contributed by atoms with Gasteiger partial charge < -0.3 is 0 Å². The van der Waals surface area contributed by atoms with E-state index in [4.69, 9.17) is 0 Å². The number of hydrogen-bond acceptors (Lipinski definition) is 0. The molecule has 0 saturated heterocycles. The third-order valence-electron chi connectivity index (χ3n) is 7.70. The molecule has 0 amide bonds. The predicted octanol–water partition coefficient (Wildman–Crippen LogP) is 8.29. The number of benzene rings is 6. The molecule has 2 aliphatic carbocycles. The van der Waals surface area contributed by atoms with Crippen LogP contribution in [-0.4, -0.2) is 0 Å². The third kappa shape index (κ3) is 1.98. The highest BCUT2D eigenvalue weighted by Gasteiger charge is 2.26. The largest absolute Gasteiger partial charge is 0.0619 e. The van der Waals surface area contributed by atoms with E-state index in [1.54, 1.807) is 0 Å². The molecule has 0 N–H and O–H groups in total. The van der Waals surface area contributed by atoms with Crippen LogP contribution in [0.15, 0.2) is 97.1 Å². The Kier molecular flexibility index (Phi) is 3.07. The Morgan fingerprint density at radius 2 is 1.03 bits per heavy atom. The van der Waals surface area contributed by atoms with Crippen molar-refractivity contribution in [1.29, 1.82) is 0 Å². The van der Waals surface area contributed by atoms with Gasteiger partial charge in [-0.05, 0) is 89.7 Å². The Morgan fingerprint density at radius 3 is 1.91 bits per heavy atom. The second kappa shape index (κ2) is 5.87. The first-order chi connectivity index (χ1) is 15.9. The van der Waals surface area contributed by atoms with Crippen molar-refractivity contribution in [3.63, 3.8) is 0 Å². The summed E-state index contributed by atoms with van der Waals surface area (Å²) >= 11 is 0. The highest BCUT2D eigenvalue weighted by Crippen LogP contribution is 2.49. The lowest BCUT2D eigenvalue weighted by Crippen LogP contribution is -1.91. The standard InChI is InChI=1S/C32H20/c1-3-9-22-20(8-1)18-29-25(22)15-16-27-24-11-5-6-12-26(24)32-28(31(27)29)14-13-21-17-19-7-2-4-10-23(19)30(21)32/h1-16H,17-18H2. The molecule has 0 bridgehead atoms. The van der Waals surface area contributed by atoms with Crippen LogP contribution in [0.5, 0.6) is 0 Å². The molecular weight excluding hydrogens is 384 g/mol. The van der Waals surface area contributed by atoms with E-state index in [0.717, 1.165) is 12.8 Å². The van der Waals surface area contributed by atoms with Crippen LogP contribution in [-0.2, 0) is 12.8 Å². The molecule has 0 unspecified atom stereocenters. The topological polar surface area (TPSA) is 0 Å². The smallest absolute Gasteiger partial charge is 0.000706 e. The van der Waals surface area contributed by atoms with E-state index in [-0.39, 0.29) is 0 Å². The van der Waals surface area contributed by atoms with Crippen LogP contribution in [0.2, 0.25) is 0 Å². The molecule has 0 nitrogen and oxygen atoms in total. The zero-order chi connectivity index (χ0) is 20.8. The zero-order valence-corrected chi connectivity index (χ0v) is 17.7. The minimum Gasteiger partial charge on any atom is -0.0619 e. The van der Waals surface area contributed by atoms with Crippen LogP contribution in [0, 0.1) is 0 Å². The summed E-state index contributed by atoms with van der Waals surface area (Å²) in [7, 11) is 0. The van der Waals surface area contributed by atoms with Crippen molar-refractivity contribution < 1.29 is 0 Å². The maximum Gasteiger partial charge on any atom is -0.000706 e.